The van der Waals surface area contributed by atoms with E-state index in [1.165, 1.54) is 0 Å². The summed E-state index contributed by atoms with van der Waals surface area (Å²) >= 11 is 0. The summed E-state index contributed by atoms with van der Waals surface area (Å²) in [5.41, 5.74) is 0.971. The number of rotatable bonds is 4. The van der Waals surface area contributed by atoms with Crippen LogP contribution in [-0.2, 0) is 16.6 Å². The van der Waals surface area contributed by atoms with Crippen molar-refractivity contribution >= 4 is 10.2 Å². The van der Waals surface area contributed by atoms with Crippen molar-refractivity contribution < 1.29 is 8.42 Å². The first-order valence-electron chi connectivity index (χ1n) is 3.74. The van der Waals surface area contributed by atoms with Gasteiger partial charge in [0.2, 0.25) is 0 Å². The number of aromatic nitrogens is 1. The molecule has 0 saturated carbocycles. The van der Waals surface area contributed by atoms with E-state index in [0.29, 0.717) is 13.0 Å². The van der Waals surface area contributed by atoms with E-state index < -0.39 is 10.2 Å². The van der Waals surface area contributed by atoms with Crippen LogP contribution in [0.1, 0.15) is 5.56 Å². The SMILES string of the molecule is NS(=O)(=O)NCCc1cccnc1. The van der Waals surface area contributed by atoms with Gasteiger partial charge in [0.15, 0.2) is 0 Å². The highest BCUT2D eigenvalue weighted by Crippen LogP contribution is 1.95. The molecule has 1 heterocycles. The van der Waals surface area contributed by atoms with Crippen molar-refractivity contribution in [3.05, 3.63) is 30.1 Å². The molecule has 5 nitrogen and oxygen atoms in total. The first kappa shape index (κ1) is 10.1. The molecule has 0 aliphatic heterocycles. The minimum absolute atomic E-state index is 0.296. The zero-order valence-corrected chi connectivity index (χ0v) is 7.79. The third-order valence-electron chi connectivity index (χ3n) is 1.44. The summed E-state index contributed by atoms with van der Waals surface area (Å²) < 4.78 is 23.1. The van der Waals surface area contributed by atoms with E-state index in [0.717, 1.165) is 5.56 Å². The summed E-state index contributed by atoms with van der Waals surface area (Å²) in [6.07, 6.45) is 3.94. The molecule has 0 unspecified atom stereocenters. The van der Waals surface area contributed by atoms with Crippen molar-refractivity contribution in [1.82, 2.24) is 9.71 Å². The molecule has 1 rings (SSSR count). The van der Waals surface area contributed by atoms with Gasteiger partial charge in [0, 0.05) is 18.9 Å². The average Bonchev–Trinajstić information content (AvgIpc) is 2.04. The van der Waals surface area contributed by atoms with Gasteiger partial charge in [-0.2, -0.15) is 8.42 Å². The van der Waals surface area contributed by atoms with Crippen LogP contribution in [0.3, 0.4) is 0 Å². The number of hydrogen-bond donors (Lipinski definition) is 2. The van der Waals surface area contributed by atoms with E-state index in [-0.39, 0.29) is 0 Å². The largest absolute Gasteiger partial charge is 0.274 e. The van der Waals surface area contributed by atoms with Crippen molar-refractivity contribution in [2.45, 2.75) is 6.42 Å². The Morgan fingerprint density at radius 2 is 2.31 bits per heavy atom. The van der Waals surface area contributed by atoms with Gasteiger partial charge in [-0.3, -0.25) is 4.98 Å². The Morgan fingerprint density at radius 3 is 2.85 bits per heavy atom. The highest BCUT2D eigenvalue weighted by molar-refractivity contribution is 7.87. The van der Waals surface area contributed by atoms with E-state index in [2.05, 4.69) is 9.71 Å². The molecular formula is C7H11N3O2S. The first-order valence-corrected chi connectivity index (χ1v) is 5.29. The molecule has 0 saturated heterocycles. The van der Waals surface area contributed by atoms with E-state index in [4.69, 9.17) is 5.14 Å². The molecule has 0 amide bonds. The Kier molecular flexibility index (Phi) is 3.35. The van der Waals surface area contributed by atoms with E-state index >= 15 is 0 Å². The standard InChI is InChI=1S/C7H11N3O2S/c8-13(11,12)10-5-3-7-2-1-4-9-6-7/h1-2,4,6,10H,3,5H2,(H2,8,11,12). The maximum absolute atomic E-state index is 10.5. The third kappa shape index (κ3) is 4.56. The monoisotopic (exact) mass is 201 g/mol. The molecule has 6 heteroatoms. The van der Waals surface area contributed by atoms with Crippen LogP contribution in [0.4, 0.5) is 0 Å². The second kappa shape index (κ2) is 4.31. The molecule has 0 aliphatic carbocycles. The number of nitrogens with two attached hydrogens (primary N) is 1. The average molecular weight is 201 g/mol. The molecule has 13 heavy (non-hydrogen) atoms. The molecule has 1 aromatic rings. The van der Waals surface area contributed by atoms with Crippen LogP contribution in [0, 0.1) is 0 Å². The molecular weight excluding hydrogens is 190 g/mol. The normalized spacial score (nSPS) is 11.5. The van der Waals surface area contributed by atoms with Crippen LogP contribution in [0.2, 0.25) is 0 Å². The topological polar surface area (TPSA) is 85.1 Å². The summed E-state index contributed by atoms with van der Waals surface area (Å²) in [5.74, 6) is 0. The quantitative estimate of drug-likeness (QED) is 0.683. The van der Waals surface area contributed by atoms with Gasteiger partial charge in [-0.15, -0.1) is 0 Å². The molecule has 0 atom stereocenters. The third-order valence-corrected chi connectivity index (χ3v) is 2.05. The summed E-state index contributed by atoms with van der Waals surface area (Å²) in [6, 6.07) is 3.67. The zero-order chi connectivity index (χ0) is 9.73. The molecule has 0 radical (unpaired) electrons. The Bertz CT molecular complexity index is 349. The number of pyridine rings is 1. The van der Waals surface area contributed by atoms with Crippen molar-refractivity contribution in [2.75, 3.05) is 6.54 Å². The summed E-state index contributed by atoms with van der Waals surface area (Å²) in [4.78, 5) is 3.89. The summed E-state index contributed by atoms with van der Waals surface area (Å²) in [6.45, 7) is 0.296. The minimum Gasteiger partial charge on any atom is -0.264 e. The summed E-state index contributed by atoms with van der Waals surface area (Å²) in [5, 5.41) is 4.75. The van der Waals surface area contributed by atoms with Gasteiger partial charge in [-0.25, -0.2) is 9.86 Å². The van der Waals surface area contributed by atoms with Gasteiger partial charge in [0.1, 0.15) is 0 Å². The second-order valence-electron chi connectivity index (χ2n) is 2.55. The van der Waals surface area contributed by atoms with Crippen LogP contribution < -0.4 is 9.86 Å². The van der Waals surface area contributed by atoms with E-state index in [9.17, 15) is 8.42 Å². The minimum atomic E-state index is -3.56. The van der Waals surface area contributed by atoms with Crippen LogP contribution in [0.5, 0.6) is 0 Å². The molecule has 0 spiro atoms. The highest BCUT2D eigenvalue weighted by atomic mass is 32.2. The Hall–Kier alpha value is -0.980. The lowest BCUT2D eigenvalue weighted by atomic mass is 10.2. The van der Waals surface area contributed by atoms with E-state index in [1.807, 2.05) is 6.07 Å². The number of hydrogen-bond acceptors (Lipinski definition) is 3. The van der Waals surface area contributed by atoms with Crippen molar-refractivity contribution in [3.63, 3.8) is 0 Å². The van der Waals surface area contributed by atoms with Gasteiger partial charge < -0.3 is 0 Å². The van der Waals surface area contributed by atoms with Crippen molar-refractivity contribution in [1.29, 1.82) is 0 Å². The fourth-order valence-corrected chi connectivity index (χ4v) is 1.27. The number of nitrogens with one attached hydrogen (secondary N) is 1. The van der Waals surface area contributed by atoms with E-state index in [1.54, 1.807) is 18.5 Å². The lowest BCUT2D eigenvalue weighted by Crippen LogP contribution is -2.32. The molecule has 72 valence electrons. The van der Waals surface area contributed by atoms with Gasteiger partial charge in [0.25, 0.3) is 10.2 Å². The van der Waals surface area contributed by atoms with Gasteiger partial charge in [-0.1, -0.05) is 6.07 Å². The molecule has 1 aromatic heterocycles. The highest BCUT2D eigenvalue weighted by Gasteiger charge is 1.99. The fraction of sp³-hybridized carbons (Fsp3) is 0.286. The molecule has 3 N–H and O–H groups in total. The van der Waals surface area contributed by atoms with Gasteiger partial charge >= 0.3 is 0 Å². The molecule has 0 fully saturated rings. The maximum atomic E-state index is 10.5. The second-order valence-corrected chi connectivity index (χ2v) is 3.93. The van der Waals surface area contributed by atoms with Crippen LogP contribution in [0.15, 0.2) is 24.5 Å². The Balaban J connectivity index is 2.37. The van der Waals surface area contributed by atoms with Crippen LogP contribution in [-0.4, -0.2) is 19.9 Å². The predicted octanol–water partition coefficient (Wildman–Crippen LogP) is -0.583. The molecule has 0 aliphatic rings. The Labute approximate surface area is 77.2 Å². The summed E-state index contributed by atoms with van der Waals surface area (Å²) in [7, 11) is -3.56. The smallest absolute Gasteiger partial charge is 0.264 e. The maximum Gasteiger partial charge on any atom is 0.274 e. The lowest BCUT2D eigenvalue weighted by molar-refractivity contribution is 0.583. The number of nitrogens with zero attached hydrogens (tertiary/aromatic N) is 1. The zero-order valence-electron chi connectivity index (χ0n) is 6.97. The fourth-order valence-electron chi connectivity index (χ4n) is 0.884. The van der Waals surface area contributed by atoms with Crippen LogP contribution >= 0.6 is 0 Å². The predicted molar refractivity (Wildman–Crippen MR) is 49.1 cm³/mol. The molecule has 0 bridgehead atoms. The van der Waals surface area contributed by atoms with Crippen molar-refractivity contribution in [3.8, 4) is 0 Å². The van der Waals surface area contributed by atoms with Crippen molar-refractivity contribution in [2.24, 2.45) is 5.14 Å². The van der Waals surface area contributed by atoms with Gasteiger partial charge in [0.05, 0.1) is 0 Å². The lowest BCUT2D eigenvalue weighted by Gasteiger charge is -2.00. The first-order chi connectivity index (χ1) is 6.08. The molecule has 0 aromatic carbocycles. The Morgan fingerprint density at radius 1 is 1.54 bits per heavy atom. The van der Waals surface area contributed by atoms with Gasteiger partial charge in [-0.05, 0) is 18.1 Å². The van der Waals surface area contributed by atoms with Crippen LogP contribution in [0.25, 0.3) is 0 Å².